The molecule has 10 heteroatoms. The van der Waals surface area contributed by atoms with Gasteiger partial charge in [0, 0.05) is 18.8 Å². The molecule has 1 unspecified atom stereocenters. The van der Waals surface area contributed by atoms with Gasteiger partial charge in [-0.1, -0.05) is 18.5 Å². The molecule has 8 nitrogen and oxygen atoms in total. The highest BCUT2D eigenvalue weighted by molar-refractivity contribution is 7.80. The molecule has 1 N–H and O–H groups in total. The van der Waals surface area contributed by atoms with Crippen LogP contribution >= 0.6 is 23.8 Å². The zero-order valence-corrected chi connectivity index (χ0v) is 23.7. The molecule has 0 radical (unpaired) electrons. The summed E-state index contributed by atoms with van der Waals surface area (Å²) in [6.07, 6.45) is 2.30. The first-order valence-electron chi connectivity index (χ1n) is 13.0. The number of carbonyl (C=O) groups excluding carboxylic acids is 2. The second-order valence-electron chi connectivity index (χ2n) is 9.72. The number of nitrogens with zero attached hydrogens (tertiary/aromatic N) is 3. The molecule has 2 fully saturated rings. The highest BCUT2D eigenvalue weighted by Gasteiger charge is 2.44. The zero-order valence-electron chi connectivity index (χ0n) is 22.1. The Morgan fingerprint density at radius 1 is 1.13 bits per heavy atom. The Morgan fingerprint density at radius 2 is 1.84 bits per heavy atom. The van der Waals surface area contributed by atoms with Gasteiger partial charge < -0.3 is 24.6 Å². The van der Waals surface area contributed by atoms with Gasteiger partial charge in [0.2, 0.25) is 5.91 Å². The lowest BCUT2D eigenvalue weighted by Crippen LogP contribution is -2.44. The molecule has 0 aliphatic carbocycles. The molecule has 0 bridgehead atoms. The smallest absolute Gasteiger partial charge is 0.256 e. The molecule has 38 heavy (non-hydrogen) atoms. The van der Waals surface area contributed by atoms with E-state index in [0.29, 0.717) is 40.4 Å². The molecule has 2 aliphatic rings. The van der Waals surface area contributed by atoms with E-state index in [2.05, 4.69) is 17.1 Å². The van der Waals surface area contributed by atoms with E-state index in [9.17, 15) is 9.59 Å². The van der Waals surface area contributed by atoms with Crippen LogP contribution in [0.1, 0.15) is 33.1 Å². The molecular weight excluding hydrogens is 524 g/mol. The molecule has 2 aliphatic heterocycles. The number of piperidine rings is 1. The SMILES string of the molecule is CCOc1ccc(NC(=O)CC2C(=O)N(c3ccc(OC)c(Cl)c3)C(=S)N2CCN2CCC(C)CC2)cc1. The molecule has 1 atom stereocenters. The quantitative estimate of drug-likeness (QED) is 0.419. The summed E-state index contributed by atoms with van der Waals surface area (Å²) in [6, 6.07) is 11.6. The summed E-state index contributed by atoms with van der Waals surface area (Å²) < 4.78 is 10.7. The number of rotatable bonds is 10. The lowest BCUT2D eigenvalue weighted by molar-refractivity contribution is -0.124. The van der Waals surface area contributed by atoms with Gasteiger partial charge in [-0.25, -0.2) is 0 Å². The Balaban J connectivity index is 1.51. The van der Waals surface area contributed by atoms with E-state index in [-0.39, 0.29) is 18.2 Å². The van der Waals surface area contributed by atoms with Crippen LogP contribution in [0.4, 0.5) is 11.4 Å². The first-order valence-corrected chi connectivity index (χ1v) is 13.8. The maximum absolute atomic E-state index is 13.7. The van der Waals surface area contributed by atoms with Crippen molar-refractivity contribution in [3.8, 4) is 11.5 Å². The lowest BCUT2D eigenvalue weighted by atomic mass is 9.99. The van der Waals surface area contributed by atoms with Gasteiger partial charge in [0.25, 0.3) is 5.91 Å². The summed E-state index contributed by atoms with van der Waals surface area (Å²) in [5.74, 6) is 1.46. The maximum atomic E-state index is 13.7. The van der Waals surface area contributed by atoms with Gasteiger partial charge in [0.1, 0.15) is 17.5 Å². The minimum Gasteiger partial charge on any atom is -0.495 e. The Hall–Kier alpha value is -2.88. The predicted molar refractivity (Wildman–Crippen MR) is 154 cm³/mol. The number of likely N-dealkylation sites (tertiary alicyclic amines) is 1. The third kappa shape index (κ3) is 6.57. The van der Waals surface area contributed by atoms with Crippen molar-refractivity contribution in [1.29, 1.82) is 0 Å². The molecule has 0 saturated carbocycles. The van der Waals surface area contributed by atoms with Crippen LogP contribution < -0.4 is 19.7 Å². The van der Waals surface area contributed by atoms with E-state index >= 15 is 0 Å². The molecule has 2 saturated heterocycles. The van der Waals surface area contributed by atoms with Crippen LogP contribution in [-0.4, -0.2) is 72.7 Å². The molecule has 0 spiro atoms. The second kappa shape index (κ2) is 12.8. The number of ether oxygens (including phenoxy) is 2. The molecule has 0 aromatic heterocycles. The average Bonchev–Trinajstić information content (AvgIpc) is 3.13. The van der Waals surface area contributed by atoms with Crippen LogP contribution in [0.15, 0.2) is 42.5 Å². The highest BCUT2D eigenvalue weighted by Crippen LogP contribution is 2.33. The van der Waals surface area contributed by atoms with Gasteiger partial charge >= 0.3 is 0 Å². The first-order chi connectivity index (χ1) is 18.3. The summed E-state index contributed by atoms with van der Waals surface area (Å²) >= 11 is 12.2. The number of thiocarbonyl (C=S) groups is 1. The Labute approximate surface area is 234 Å². The second-order valence-corrected chi connectivity index (χ2v) is 10.5. The number of nitrogens with one attached hydrogen (secondary N) is 1. The van der Waals surface area contributed by atoms with E-state index < -0.39 is 6.04 Å². The van der Waals surface area contributed by atoms with E-state index in [1.807, 2.05) is 11.8 Å². The van der Waals surface area contributed by atoms with Crippen molar-refractivity contribution in [3.63, 3.8) is 0 Å². The number of methoxy groups -OCH3 is 1. The third-order valence-electron chi connectivity index (χ3n) is 7.07. The van der Waals surface area contributed by atoms with Gasteiger partial charge in [-0.05, 0) is 93.5 Å². The van der Waals surface area contributed by atoms with Crippen molar-refractivity contribution < 1.29 is 19.1 Å². The van der Waals surface area contributed by atoms with Crippen LogP contribution in [0, 0.1) is 5.92 Å². The maximum Gasteiger partial charge on any atom is 0.256 e. The van der Waals surface area contributed by atoms with Crippen LogP contribution in [0.25, 0.3) is 0 Å². The topological polar surface area (TPSA) is 74.3 Å². The van der Waals surface area contributed by atoms with Crippen molar-refractivity contribution in [3.05, 3.63) is 47.5 Å². The van der Waals surface area contributed by atoms with Gasteiger partial charge in [-0.2, -0.15) is 0 Å². The summed E-state index contributed by atoms with van der Waals surface area (Å²) in [7, 11) is 1.54. The fourth-order valence-electron chi connectivity index (χ4n) is 4.84. The lowest BCUT2D eigenvalue weighted by Gasteiger charge is -2.32. The molecule has 2 heterocycles. The first kappa shape index (κ1) is 28.1. The van der Waals surface area contributed by atoms with E-state index in [1.54, 1.807) is 42.5 Å². The van der Waals surface area contributed by atoms with Crippen LogP contribution in [-0.2, 0) is 9.59 Å². The zero-order chi connectivity index (χ0) is 27.2. The van der Waals surface area contributed by atoms with Crippen molar-refractivity contribution in [1.82, 2.24) is 9.80 Å². The van der Waals surface area contributed by atoms with E-state index in [0.717, 1.165) is 44.1 Å². The van der Waals surface area contributed by atoms with Gasteiger partial charge in [0.05, 0.1) is 30.8 Å². The van der Waals surface area contributed by atoms with Crippen molar-refractivity contribution >= 4 is 52.1 Å². The number of hydrogen-bond acceptors (Lipinski definition) is 6. The summed E-state index contributed by atoms with van der Waals surface area (Å²) in [4.78, 5) is 32.5. The van der Waals surface area contributed by atoms with Crippen molar-refractivity contribution in [2.24, 2.45) is 5.92 Å². The fourth-order valence-corrected chi connectivity index (χ4v) is 5.51. The Bertz CT molecular complexity index is 1150. The average molecular weight is 559 g/mol. The third-order valence-corrected chi connectivity index (χ3v) is 7.79. The standard InChI is InChI=1S/C28H35ClN4O4S/c1-4-37-22-8-5-20(6-9-22)30-26(34)18-24-27(35)33(21-7-10-25(36-3)23(29)17-21)28(38)32(24)16-15-31-13-11-19(2)12-14-31/h5-10,17,19,24H,4,11-16,18H2,1-3H3,(H,30,34). The van der Waals surface area contributed by atoms with Crippen LogP contribution in [0.5, 0.6) is 11.5 Å². The monoisotopic (exact) mass is 558 g/mol. The molecule has 204 valence electrons. The largest absolute Gasteiger partial charge is 0.495 e. The number of benzene rings is 2. The van der Waals surface area contributed by atoms with Gasteiger partial charge in [-0.15, -0.1) is 0 Å². The van der Waals surface area contributed by atoms with Gasteiger partial charge in [0.15, 0.2) is 5.11 Å². The summed E-state index contributed by atoms with van der Waals surface area (Å²) in [6.45, 7) is 8.14. The summed E-state index contributed by atoms with van der Waals surface area (Å²) in [5.41, 5.74) is 1.19. The summed E-state index contributed by atoms with van der Waals surface area (Å²) in [5, 5.41) is 3.66. The molecule has 2 amide bonds. The Morgan fingerprint density at radius 3 is 2.47 bits per heavy atom. The Kier molecular flexibility index (Phi) is 9.46. The minimum atomic E-state index is -0.713. The van der Waals surface area contributed by atoms with Crippen molar-refractivity contribution in [2.75, 3.05) is 50.1 Å². The minimum absolute atomic E-state index is 0.0242. The molecule has 2 aromatic carbocycles. The predicted octanol–water partition coefficient (Wildman–Crippen LogP) is 4.81. The number of hydrogen-bond donors (Lipinski definition) is 1. The number of amides is 2. The van der Waals surface area contributed by atoms with Gasteiger partial charge in [-0.3, -0.25) is 14.5 Å². The highest BCUT2D eigenvalue weighted by atomic mass is 35.5. The molecule has 2 aromatic rings. The fraction of sp³-hybridized carbons (Fsp3) is 0.464. The van der Waals surface area contributed by atoms with Crippen molar-refractivity contribution in [2.45, 2.75) is 39.2 Å². The number of halogens is 1. The number of anilines is 2. The number of carbonyl (C=O) groups is 2. The molecular formula is C28H35ClN4O4S. The normalized spacial score (nSPS) is 18.7. The van der Waals surface area contributed by atoms with Crippen LogP contribution in [0.3, 0.4) is 0 Å². The van der Waals surface area contributed by atoms with E-state index in [1.165, 1.54) is 12.0 Å². The van der Waals surface area contributed by atoms with E-state index in [4.69, 9.17) is 33.3 Å². The molecule has 4 rings (SSSR count). The van der Waals surface area contributed by atoms with Crippen LogP contribution in [0.2, 0.25) is 5.02 Å².